The van der Waals surface area contributed by atoms with E-state index in [-0.39, 0.29) is 47.1 Å². The van der Waals surface area contributed by atoms with Crippen LogP contribution in [0.4, 0.5) is 16.3 Å². The number of aryl methyl sites for hydroxylation is 2. The lowest BCUT2D eigenvalue weighted by atomic mass is 10.1. The lowest BCUT2D eigenvalue weighted by Crippen LogP contribution is -2.31. The van der Waals surface area contributed by atoms with Crippen LogP contribution in [0.15, 0.2) is 55.0 Å². The van der Waals surface area contributed by atoms with E-state index in [1.807, 2.05) is 6.92 Å². The van der Waals surface area contributed by atoms with E-state index in [0.29, 0.717) is 34.3 Å². The van der Waals surface area contributed by atoms with Crippen LogP contribution in [0.25, 0.3) is 5.52 Å². The molecule has 258 valence electrons. The number of ether oxygens (including phenoxy) is 2. The van der Waals surface area contributed by atoms with E-state index in [1.54, 1.807) is 32.2 Å². The van der Waals surface area contributed by atoms with Gasteiger partial charge in [0.05, 0.1) is 17.7 Å². The second-order valence-electron chi connectivity index (χ2n) is 11.3. The summed E-state index contributed by atoms with van der Waals surface area (Å²) in [6.07, 6.45) is 4.05. The number of hydrogen-bond donors (Lipinski definition) is 4. The molecule has 1 aliphatic rings. The standard InChI is InChI=1S/C32H35N6O10P/c1-4-13-33-30(40)22-8-5-19(2)26(15-22)38(29-28-20(3)25(16-37(28)35-17-34-29)31(41)36-23-9-10-23)32(42)47-18-46-27(39)14-21-6-11-24(12-7-21)48-49(43,44)45/h5-8,11-12,15-17,23H,4,9-10,13-14,18H2,1-3H3,(H,33,40)(H,36,41)(H2,43,44,45). The predicted molar refractivity (Wildman–Crippen MR) is 174 cm³/mol. The van der Waals surface area contributed by atoms with E-state index in [2.05, 4.69) is 25.2 Å². The Balaban J connectivity index is 1.41. The van der Waals surface area contributed by atoms with Crippen LogP contribution in [0.2, 0.25) is 0 Å². The van der Waals surface area contributed by atoms with Gasteiger partial charge in [-0.25, -0.2) is 23.8 Å². The van der Waals surface area contributed by atoms with Gasteiger partial charge in [-0.15, -0.1) is 0 Å². The first-order valence-corrected chi connectivity index (χ1v) is 16.9. The Morgan fingerprint density at radius 3 is 2.45 bits per heavy atom. The van der Waals surface area contributed by atoms with E-state index < -0.39 is 26.7 Å². The van der Waals surface area contributed by atoms with Gasteiger partial charge in [-0.1, -0.05) is 25.1 Å². The van der Waals surface area contributed by atoms with Crippen LogP contribution in [0, 0.1) is 13.8 Å². The molecule has 0 atom stereocenters. The highest BCUT2D eigenvalue weighted by atomic mass is 31.2. The van der Waals surface area contributed by atoms with Gasteiger partial charge in [0.1, 0.15) is 17.6 Å². The molecule has 3 amide bonds. The minimum atomic E-state index is -4.74. The molecule has 2 aromatic heterocycles. The molecule has 1 fully saturated rings. The number of esters is 1. The molecule has 17 heteroatoms. The van der Waals surface area contributed by atoms with Crippen molar-refractivity contribution in [3.63, 3.8) is 0 Å². The summed E-state index contributed by atoms with van der Waals surface area (Å²) in [5, 5.41) is 10.0. The minimum Gasteiger partial charge on any atom is -0.428 e. The molecular formula is C32H35N6O10P. The van der Waals surface area contributed by atoms with Gasteiger partial charge in [0.2, 0.25) is 6.79 Å². The van der Waals surface area contributed by atoms with Crippen molar-refractivity contribution in [1.82, 2.24) is 25.2 Å². The topological polar surface area (TPSA) is 211 Å². The zero-order valence-corrected chi connectivity index (χ0v) is 27.8. The summed E-state index contributed by atoms with van der Waals surface area (Å²) in [5.74, 6) is -1.42. The molecule has 4 aromatic rings. The maximum Gasteiger partial charge on any atom is 0.524 e. The number of phosphoric ester groups is 1. The van der Waals surface area contributed by atoms with Gasteiger partial charge in [0, 0.05) is 24.3 Å². The Labute approximate surface area is 280 Å². The fourth-order valence-electron chi connectivity index (χ4n) is 4.89. The van der Waals surface area contributed by atoms with E-state index >= 15 is 0 Å². The van der Waals surface area contributed by atoms with Crippen LogP contribution in [0.5, 0.6) is 5.75 Å². The molecular weight excluding hydrogens is 659 g/mol. The monoisotopic (exact) mass is 694 g/mol. The van der Waals surface area contributed by atoms with Crippen molar-refractivity contribution < 1.29 is 47.5 Å². The van der Waals surface area contributed by atoms with Gasteiger partial charge < -0.3 is 24.6 Å². The minimum absolute atomic E-state index is 0.0566. The van der Waals surface area contributed by atoms with Gasteiger partial charge >= 0.3 is 19.9 Å². The summed E-state index contributed by atoms with van der Waals surface area (Å²) in [6.45, 7) is 5.04. The largest absolute Gasteiger partial charge is 0.524 e. The summed E-state index contributed by atoms with van der Waals surface area (Å²) < 4.78 is 27.5. The Bertz CT molecular complexity index is 1940. The number of hydrogen-bond acceptors (Lipinski definition) is 10. The first-order valence-electron chi connectivity index (χ1n) is 15.3. The Morgan fingerprint density at radius 2 is 1.78 bits per heavy atom. The number of aromatic nitrogens is 3. The predicted octanol–water partition coefficient (Wildman–Crippen LogP) is 3.87. The Morgan fingerprint density at radius 1 is 1.04 bits per heavy atom. The SMILES string of the molecule is CCCNC(=O)c1ccc(C)c(N(C(=O)OCOC(=O)Cc2ccc(OP(=O)(O)O)cc2)c2ncnn3cc(C(=O)NC4CC4)c(C)c23)c1. The number of fused-ring (bicyclic) bond motifs is 1. The second-order valence-corrected chi connectivity index (χ2v) is 12.5. The quantitative estimate of drug-likeness (QED) is 0.0893. The van der Waals surface area contributed by atoms with Crippen molar-refractivity contribution in [3.8, 4) is 5.75 Å². The molecule has 2 heterocycles. The number of phosphoric acid groups is 1. The summed E-state index contributed by atoms with van der Waals surface area (Å²) >= 11 is 0. The summed E-state index contributed by atoms with van der Waals surface area (Å²) in [4.78, 5) is 75.8. The highest BCUT2D eigenvalue weighted by molar-refractivity contribution is 7.46. The van der Waals surface area contributed by atoms with E-state index in [0.717, 1.165) is 24.2 Å². The Kier molecular flexibility index (Phi) is 10.6. The molecule has 0 bridgehead atoms. The fourth-order valence-corrected chi connectivity index (χ4v) is 5.29. The number of amides is 3. The molecule has 0 spiro atoms. The van der Waals surface area contributed by atoms with Gasteiger partial charge in [-0.2, -0.15) is 5.10 Å². The molecule has 5 rings (SSSR count). The fraction of sp³-hybridized carbons (Fsp3) is 0.312. The molecule has 49 heavy (non-hydrogen) atoms. The number of nitrogens with zero attached hydrogens (tertiary/aromatic N) is 4. The maximum absolute atomic E-state index is 13.9. The first-order chi connectivity index (χ1) is 23.3. The van der Waals surface area contributed by atoms with Crippen molar-refractivity contribution in [2.75, 3.05) is 18.2 Å². The zero-order valence-electron chi connectivity index (χ0n) is 26.9. The third-order valence-electron chi connectivity index (χ3n) is 7.51. The van der Waals surface area contributed by atoms with Crippen molar-refractivity contribution in [2.45, 2.75) is 52.5 Å². The van der Waals surface area contributed by atoms with Crippen LogP contribution in [0.1, 0.15) is 63.6 Å². The number of carbonyl (C=O) groups is 4. The Hall–Kier alpha value is -5.31. The third kappa shape index (κ3) is 8.79. The van der Waals surface area contributed by atoms with E-state index in [4.69, 9.17) is 19.3 Å². The second kappa shape index (κ2) is 14.8. The number of carbonyl (C=O) groups excluding carboxylic acids is 4. The molecule has 0 aliphatic heterocycles. The van der Waals surface area contributed by atoms with Gasteiger partial charge in [-0.05, 0) is 74.1 Å². The number of rotatable bonds is 13. The third-order valence-corrected chi connectivity index (χ3v) is 7.95. The maximum atomic E-state index is 13.9. The smallest absolute Gasteiger partial charge is 0.428 e. The van der Waals surface area contributed by atoms with E-state index in [9.17, 15) is 23.7 Å². The average molecular weight is 695 g/mol. The highest BCUT2D eigenvalue weighted by Gasteiger charge is 2.30. The highest BCUT2D eigenvalue weighted by Crippen LogP contribution is 2.37. The van der Waals surface area contributed by atoms with Gasteiger partial charge in [0.25, 0.3) is 11.8 Å². The number of nitrogens with one attached hydrogen (secondary N) is 2. The van der Waals surface area contributed by atoms with Crippen molar-refractivity contribution in [2.24, 2.45) is 0 Å². The first kappa shape index (κ1) is 35.0. The van der Waals surface area contributed by atoms with Gasteiger partial charge in [-0.3, -0.25) is 24.2 Å². The average Bonchev–Trinajstić information content (AvgIpc) is 3.80. The van der Waals surface area contributed by atoms with Crippen LogP contribution >= 0.6 is 7.82 Å². The van der Waals surface area contributed by atoms with Gasteiger partial charge in [0.15, 0.2) is 5.82 Å². The van der Waals surface area contributed by atoms with Crippen molar-refractivity contribution in [1.29, 1.82) is 0 Å². The van der Waals surface area contributed by atoms with Crippen LogP contribution in [-0.4, -0.2) is 67.6 Å². The molecule has 0 radical (unpaired) electrons. The molecule has 2 aromatic carbocycles. The molecule has 1 aliphatic carbocycles. The summed E-state index contributed by atoms with van der Waals surface area (Å²) in [6, 6.07) is 10.3. The van der Waals surface area contributed by atoms with Crippen molar-refractivity contribution in [3.05, 3.63) is 82.8 Å². The summed E-state index contributed by atoms with van der Waals surface area (Å²) in [7, 11) is -4.74. The van der Waals surface area contributed by atoms with E-state index in [1.165, 1.54) is 41.2 Å². The van der Waals surface area contributed by atoms with Crippen molar-refractivity contribution >= 4 is 48.7 Å². The molecule has 0 unspecified atom stereocenters. The summed E-state index contributed by atoms with van der Waals surface area (Å²) in [5.41, 5.74) is 2.74. The molecule has 0 saturated heterocycles. The van der Waals surface area contributed by atoms with Crippen LogP contribution < -0.4 is 20.1 Å². The van der Waals surface area contributed by atoms with Crippen LogP contribution in [-0.2, 0) is 25.3 Å². The normalized spacial score (nSPS) is 12.7. The number of anilines is 2. The van der Waals surface area contributed by atoms with Crippen LogP contribution in [0.3, 0.4) is 0 Å². The number of benzene rings is 2. The lowest BCUT2D eigenvalue weighted by molar-refractivity contribution is -0.150. The lowest BCUT2D eigenvalue weighted by Gasteiger charge is -2.24. The molecule has 1 saturated carbocycles. The molecule has 16 nitrogen and oxygen atoms in total. The molecule has 4 N–H and O–H groups in total. The zero-order chi connectivity index (χ0) is 35.3.